The van der Waals surface area contributed by atoms with Gasteiger partial charge in [-0.3, -0.25) is 9.59 Å². The number of hydrogen-bond donors (Lipinski definition) is 1. The molecule has 136 valence electrons. The van der Waals surface area contributed by atoms with E-state index < -0.39 is 5.41 Å². The van der Waals surface area contributed by atoms with Crippen LogP contribution in [0.4, 0.5) is 0 Å². The number of halogens is 2. The number of likely N-dealkylation sites (tertiary alicyclic amines) is 1. The van der Waals surface area contributed by atoms with Crippen LogP contribution in [0.15, 0.2) is 18.2 Å². The molecule has 0 radical (unpaired) electrons. The summed E-state index contributed by atoms with van der Waals surface area (Å²) in [4.78, 5) is 32.1. The molecule has 2 aliphatic rings. The predicted molar refractivity (Wildman–Crippen MR) is 103 cm³/mol. The number of nitrogens with zero attached hydrogens (tertiary/aromatic N) is 2. The number of benzene rings is 1. The van der Waals surface area contributed by atoms with Crippen molar-refractivity contribution in [2.24, 2.45) is 11.1 Å². The maximum Gasteiger partial charge on any atom is 0.274 e. The Kier molecular flexibility index (Phi) is 4.06. The maximum absolute atomic E-state index is 13.3. The monoisotopic (exact) mass is 409 g/mol. The van der Waals surface area contributed by atoms with Crippen molar-refractivity contribution in [1.82, 2.24) is 9.88 Å². The molecular formula is C18H17Cl2N3O2S. The highest BCUT2D eigenvalue weighted by Crippen LogP contribution is 2.59. The molecule has 2 amide bonds. The molecule has 1 aromatic heterocycles. The minimum Gasteiger partial charge on any atom is -0.369 e. The summed E-state index contributed by atoms with van der Waals surface area (Å²) in [6.07, 6.45) is 1.24. The van der Waals surface area contributed by atoms with Gasteiger partial charge in [-0.25, -0.2) is 4.98 Å². The van der Waals surface area contributed by atoms with Crippen LogP contribution in [0.3, 0.4) is 0 Å². The van der Waals surface area contributed by atoms with Crippen LogP contribution in [-0.2, 0) is 4.79 Å². The summed E-state index contributed by atoms with van der Waals surface area (Å²) in [7, 11) is 0. The van der Waals surface area contributed by atoms with Gasteiger partial charge < -0.3 is 10.6 Å². The SMILES string of the molecule is Cc1nc(C(=O)N2[C@H]3C[C@]3(C(N)=O)C[C@@H]2C)c(-c2cccc(Cl)c2Cl)s1. The molecule has 2 aromatic rings. The molecule has 2 fully saturated rings. The van der Waals surface area contributed by atoms with Crippen molar-refractivity contribution in [3.63, 3.8) is 0 Å². The van der Waals surface area contributed by atoms with Crippen LogP contribution in [-0.4, -0.2) is 33.8 Å². The average Bonchev–Trinajstić information content (AvgIpc) is 3.02. The number of fused-ring (bicyclic) bond motifs is 1. The van der Waals surface area contributed by atoms with E-state index in [-0.39, 0.29) is 23.9 Å². The van der Waals surface area contributed by atoms with E-state index in [1.165, 1.54) is 11.3 Å². The smallest absolute Gasteiger partial charge is 0.274 e. The number of aryl methyl sites for hydroxylation is 1. The molecule has 4 rings (SSSR count). The molecule has 3 atom stereocenters. The molecule has 0 spiro atoms. The normalized spacial score (nSPS) is 26.7. The van der Waals surface area contributed by atoms with E-state index in [0.717, 1.165) is 5.01 Å². The summed E-state index contributed by atoms with van der Waals surface area (Å²) in [5.41, 5.74) is 6.06. The number of nitrogens with two attached hydrogens (primary N) is 1. The van der Waals surface area contributed by atoms with E-state index >= 15 is 0 Å². The fraction of sp³-hybridized carbons (Fsp3) is 0.389. The van der Waals surface area contributed by atoms with Crippen LogP contribution in [0.5, 0.6) is 0 Å². The molecule has 0 bridgehead atoms. The summed E-state index contributed by atoms with van der Waals surface area (Å²) in [6, 6.07) is 5.14. The summed E-state index contributed by atoms with van der Waals surface area (Å²) in [5.74, 6) is -0.504. The van der Waals surface area contributed by atoms with Gasteiger partial charge in [0.25, 0.3) is 5.91 Å². The lowest BCUT2D eigenvalue weighted by atomic mass is 10.00. The lowest BCUT2D eigenvalue weighted by Gasteiger charge is -2.24. The molecule has 2 N–H and O–H groups in total. The van der Waals surface area contributed by atoms with Gasteiger partial charge in [0, 0.05) is 17.6 Å². The molecule has 1 aromatic carbocycles. The highest BCUT2D eigenvalue weighted by molar-refractivity contribution is 7.15. The van der Waals surface area contributed by atoms with Crippen LogP contribution >= 0.6 is 34.5 Å². The standard InChI is InChI=1S/C18H17Cl2N3O2S/c1-8-6-18(17(21)25)7-12(18)23(8)16(24)14-15(26-9(2)22-14)10-4-3-5-11(19)13(10)20/h3-5,8,12H,6-7H2,1-2H3,(H2,21,25)/t8-,12-,18+/m0/s1. The number of thiazole rings is 1. The first-order valence-corrected chi connectivity index (χ1v) is 9.88. The third-order valence-corrected chi connectivity index (χ3v) is 7.19. The second kappa shape index (κ2) is 5.94. The van der Waals surface area contributed by atoms with Gasteiger partial charge in [-0.05, 0) is 32.8 Å². The van der Waals surface area contributed by atoms with Crippen molar-refractivity contribution in [2.75, 3.05) is 0 Å². The average molecular weight is 410 g/mol. The second-order valence-electron chi connectivity index (χ2n) is 7.02. The number of amides is 2. The van der Waals surface area contributed by atoms with E-state index in [2.05, 4.69) is 4.98 Å². The number of primary amides is 1. The van der Waals surface area contributed by atoms with E-state index in [9.17, 15) is 9.59 Å². The minimum atomic E-state index is -0.562. The maximum atomic E-state index is 13.3. The lowest BCUT2D eigenvalue weighted by Crippen LogP contribution is -2.37. The van der Waals surface area contributed by atoms with Crippen molar-refractivity contribution >= 4 is 46.4 Å². The molecule has 1 saturated carbocycles. The quantitative estimate of drug-likeness (QED) is 0.834. The van der Waals surface area contributed by atoms with Crippen LogP contribution in [0.2, 0.25) is 10.0 Å². The molecular weight excluding hydrogens is 393 g/mol. The zero-order chi connectivity index (χ0) is 18.8. The summed E-state index contributed by atoms with van der Waals surface area (Å²) < 4.78 is 0. The number of hydrogen-bond acceptors (Lipinski definition) is 4. The van der Waals surface area contributed by atoms with E-state index in [1.807, 2.05) is 19.9 Å². The van der Waals surface area contributed by atoms with Crippen molar-refractivity contribution in [2.45, 2.75) is 38.8 Å². The summed E-state index contributed by atoms with van der Waals surface area (Å²) in [5, 5.41) is 1.60. The fourth-order valence-electron chi connectivity index (χ4n) is 4.07. The second-order valence-corrected chi connectivity index (χ2v) is 9.01. The Morgan fingerprint density at radius 1 is 1.35 bits per heavy atom. The highest BCUT2D eigenvalue weighted by Gasteiger charge is 2.68. The fourth-order valence-corrected chi connectivity index (χ4v) is 5.46. The molecule has 1 aliphatic carbocycles. The topological polar surface area (TPSA) is 76.3 Å². The number of piperidine rings is 1. The van der Waals surface area contributed by atoms with Crippen molar-refractivity contribution < 1.29 is 9.59 Å². The Hall–Kier alpha value is -1.63. The van der Waals surface area contributed by atoms with Crippen LogP contribution in [0, 0.1) is 12.3 Å². The number of carbonyl (C=O) groups excluding carboxylic acids is 2. The Bertz CT molecular complexity index is 945. The van der Waals surface area contributed by atoms with Crippen molar-refractivity contribution in [3.8, 4) is 10.4 Å². The molecule has 0 unspecified atom stereocenters. The van der Waals surface area contributed by atoms with E-state index in [0.29, 0.717) is 39.0 Å². The molecule has 1 saturated heterocycles. The highest BCUT2D eigenvalue weighted by atomic mass is 35.5. The molecule has 2 heterocycles. The first-order valence-electron chi connectivity index (χ1n) is 8.30. The van der Waals surface area contributed by atoms with Gasteiger partial charge in [-0.15, -0.1) is 11.3 Å². The first-order chi connectivity index (χ1) is 12.3. The van der Waals surface area contributed by atoms with Gasteiger partial charge in [-0.1, -0.05) is 35.3 Å². The third kappa shape index (κ3) is 2.47. The number of rotatable bonds is 3. The van der Waals surface area contributed by atoms with Crippen LogP contribution < -0.4 is 5.73 Å². The Morgan fingerprint density at radius 3 is 2.73 bits per heavy atom. The van der Waals surface area contributed by atoms with Gasteiger partial charge in [-0.2, -0.15) is 0 Å². The zero-order valence-corrected chi connectivity index (χ0v) is 16.6. The van der Waals surface area contributed by atoms with E-state index in [4.69, 9.17) is 28.9 Å². The summed E-state index contributed by atoms with van der Waals surface area (Å²) in [6.45, 7) is 3.79. The van der Waals surface area contributed by atoms with Crippen molar-refractivity contribution in [1.29, 1.82) is 0 Å². The molecule has 5 nitrogen and oxygen atoms in total. The van der Waals surface area contributed by atoms with E-state index in [1.54, 1.807) is 17.0 Å². The van der Waals surface area contributed by atoms with Crippen LogP contribution in [0.1, 0.15) is 35.3 Å². The largest absolute Gasteiger partial charge is 0.369 e. The predicted octanol–water partition coefficient (Wildman–Crippen LogP) is 3.90. The Morgan fingerprint density at radius 2 is 2.08 bits per heavy atom. The first kappa shape index (κ1) is 17.8. The Balaban J connectivity index is 1.75. The van der Waals surface area contributed by atoms with Gasteiger partial charge in [0.2, 0.25) is 5.91 Å². The third-order valence-electron chi connectivity index (χ3n) is 5.36. The van der Waals surface area contributed by atoms with Crippen LogP contribution in [0.25, 0.3) is 10.4 Å². The van der Waals surface area contributed by atoms with Gasteiger partial charge in [0.05, 0.1) is 25.3 Å². The lowest BCUT2D eigenvalue weighted by molar-refractivity contribution is -0.123. The minimum absolute atomic E-state index is 0.0570. The number of carbonyl (C=O) groups is 2. The van der Waals surface area contributed by atoms with Gasteiger partial charge in [0.1, 0.15) is 5.69 Å². The zero-order valence-electron chi connectivity index (χ0n) is 14.3. The molecule has 8 heteroatoms. The molecule has 1 aliphatic heterocycles. The van der Waals surface area contributed by atoms with Gasteiger partial charge >= 0.3 is 0 Å². The van der Waals surface area contributed by atoms with Crippen molar-refractivity contribution in [3.05, 3.63) is 38.9 Å². The Labute approximate surface area is 165 Å². The molecule has 26 heavy (non-hydrogen) atoms. The van der Waals surface area contributed by atoms with Gasteiger partial charge in [0.15, 0.2) is 0 Å². The summed E-state index contributed by atoms with van der Waals surface area (Å²) >= 11 is 13.9. The number of aromatic nitrogens is 1.